The van der Waals surface area contributed by atoms with Crippen LogP contribution in [0.1, 0.15) is 40.0 Å². The molecule has 1 amide bonds. The third kappa shape index (κ3) is 3.14. The van der Waals surface area contributed by atoms with Gasteiger partial charge in [0.15, 0.2) is 0 Å². The highest BCUT2D eigenvalue weighted by atomic mass is 19.1. The molecule has 3 heteroatoms. The number of hydrogen-bond donors (Lipinski definition) is 1. The van der Waals surface area contributed by atoms with Crippen LogP contribution in [0.3, 0.4) is 0 Å². The highest BCUT2D eigenvalue weighted by Gasteiger charge is 2.41. The zero-order valence-electron chi connectivity index (χ0n) is 11.9. The van der Waals surface area contributed by atoms with Crippen LogP contribution in [0.25, 0.3) is 0 Å². The summed E-state index contributed by atoms with van der Waals surface area (Å²) >= 11 is 0. The van der Waals surface area contributed by atoms with E-state index in [0.717, 1.165) is 12.8 Å². The van der Waals surface area contributed by atoms with Crippen molar-refractivity contribution in [3.05, 3.63) is 30.1 Å². The number of halogens is 1. The maximum atomic E-state index is 12.9. The molecule has 1 aromatic rings. The molecule has 1 fully saturated rings. The summed E-state index contributed by atoms with van der Waals surface area (Å²) in [5.74, 6) is 0.184. The molecule has 0 spiro atoms. The lowest BCUT2D eigenvalue weighted by atomic mass is 9.64. The Morgan fingerprint density at radius 2 is 1.95 bits per heavy atom. The quantitative estimate of drug-likeness (QED) is 0.850. The molecule has 19 heavy (non-hydrogen) atoms. The molecule has 104 valence electrons. The van der Waals surface area contributed by atoms with E-state index in [2.05, 4.69) is 26.1 Å². The number of rotatable bonds is 2. The Kier molecular flexibility index (Phi) is 3.93. The van der Waals surface area contributed by atoms with E-state index in [1.54, 1.807) is 12.1 Å². The molecule has 0 aromatic heterocycles. The van der Waals surface area contributed by atoms with Gasteiger partial charge in [-0.2, -0.15) is 0 Å². The summed E-state index contributed by atoms with van der Waals surface area (Å²) in [5.41, 5.74) is 0.696. The van der Waals surface area contributed by atoms with E-state index in [9.17, 15) is 9.18 Å². The summed E-state index contributed by atoms with van der Waals surface area (Å²) < 4.78 is 12.9. The third-order valence-electron chi connectivity index (χ3n) is 4.29. The molecule has 0 heterocycles. The van der Waals surface area contributed by atoms with Gasteiger partial charge in [0, 0.05) is 11.6 Å². The lowest BCUT2D eigenvalue weighted by molar-refractivity contribution is -0.127. The van der Waals surface area contributed by atoms with E-state index >= 15 is 0 Å². The molecule has 0 radical (unpaired) electrons. The molecule has 1 aliphatic carbocycles. The van der Waals surface area contributed by atoms with Gasteiger partial charge < -0.3 is 5.32 Å². The molecule has 0 aliphatic heterocycles. The Labute approximate surface area is 114 Å². The fraction of sp³-hybridized carbons (Fsp3) is 0.562. The van der Waals surface area contributed by atoms with Crippen molar-refractivity contribution < 1.29 is 9.18 Å². The minimum absolute atomic E-state index is 0.0197. The number of hydrogen-bond acceptors (Lipinski definition) is 1. The van der Waals surface area contributed by atoms with Gasteiger partial charge in [0.1, 0.15) is 5.82 Å². The van der Waals surface area contributed by atoms with E-state index in [-0.39, 0.29) is 23.1 Å². The molecule has 2 nitrogen and oxygen atoms in total. The van der Waals surface area contributed by atoms with Gasteiger partial charge in [-0.1, -0.05) is 27.2 Å². The van der Waals surface area contributed by atoms with E-state index in [1.807, 2.05) is 0 Å². The molecule has 1 aromatic carbocycles. The fourth-order valence-electron chi connectivity index (χ4n) is 3.34. The van der Waals surface area contributed by atoms with Gasteiger partial charge in [-0.05, 0) is 48.4 Å². The molecule has 0 bridgehead atoms. The smallest absolute Gasteiger partial charge is 0.228 e. The Balaban J connectivity index is 2.11. The van der Waals surface area contributed by atoms with E-state index in [1.165, 1.54) is 18.6 Å². The second kappa shape index (κ2) is 5.32. The van der Waals surface area contributed by atoms with Gasteiger partial charge in [-0.15, -0.1) is 0 Å². The predicted molar refractivity (Wildman–Crippen MR) is 75.3 cm³/mol. The van der Waals surface area contributed by atoms with Gasteiger partial charge in [-0.3, -0.25) is 4.79 Å². The minimum atomic E-state index is -0.288. The third-order valence-corrected chi connectivity index (χ3v) is 4.29. The maximum Gasteiger partial charge on any atom is 0.228 e. The molecule has 1 N–H and O–H groups in total. The Bertz CT molecular complexity index is 452. The van der Waals surface area contributed by atoms with Crippen LogP contribution < -0.4 is 5.32 Å². The number of amides is 1. The summed E-state index contributed by atoms with van der Waals surface area (Å²) in [7, 11) is 0. The number of benzene rings is 1. The van der Waals surface area contributed by atoms with Crippen LogP contribution >= 0.6 is 0 Å². The van der Waals surface area contributed by atoms with Crippen molar-refractivity contribution in [2.24, 2.45) is 17.3 Å². The first-order valence-electron chi connectivity index (χ1n) is 6.96. The highest BCUT2D eigenvalue weighted by Crippen LogP contribution is 2.44. The molecular formula is C16H22FNO. The molecular weight excluding hydrogens is 241 g/mol. The Morgan fingerprint density at radius 1 is 1.32 bits per heavy atom. The van der Waals surface area contributed by atoms with Crippen molar-refractivity contribution in [3.8, 4) is 0 Å². The van der Waals surface area contributed by atoms with Crippen LogP contribution in [0.4, 0.5) is 10.1 Å². The number of anilines is 1. The van der Waals surface area contributed by atoms with Crippen molar-refractivity contribution in [3.63, 3.8) is 0 Å². The zero-order chi connectivity index (χ0) is 14.0. The Hall–Kier alpha value is -1.38. The molecule has 0 saturated heterocycles. The van der Waals surface area contributed by atoms with Crippen molar-refractivity contribution in [2.45, 2.75) is 40.0 Å². The van der Waals surface area contributed by atoms with Crippen molar-refractivity contribution in [1.29, 1.82) is 0 Å². The van der Waals surface area contributed by atoms with Crippen LogP contribution in [0.15, 0.2) is 24.3 Å². The van der Waals surface area contributed by atoms with Gasteiger partial charge >= 0.3 is 0 Å². The maximum absolute atomic E-state index is 12.9. The van der Waals surface area contributed by atoms with Crippen LogP contribution in [0, 0.1) is 23.1 Å². The summed E-state index contributed by atoms with van der Waals surface area (Å²) in [6, 6.07) is 5.94. The van der Waals surface area contributed by atoms with Crippen LogP contribution in [0.5, 0.6) is 0 Å². The number of carbonyl (C=O) groups is 1. The number of nitrogens with one attached hydrogen (secondary N) is 1. The average Bonchev–Trinajstić information content (AvgIpc) is 2.30. The molecule has 2 rings (SSSR count). The van der Waals surface area contributed by atoms with Gasteiger partial charge in [0.25, 0.3) is 0 Å². The van der Waals surface area contributed by atoms with Crippen molar-refractivity contribution in [2.75, 3.05) is 5.32 Å². The monoisotopic (exact) mass is 263 g/mol. The normalized spacial score (nSPS) is 25.9. The van der Waals surface area contributed by atoms with E-state index in [0.29, 0.717) is 11.6 Å². The fourth-order valence-corrected chi connectivity index (χ4v) is 3.34. The lowest BCUT2D eigenvalue weighted by Gasteiger charge is -2.41. The van der Waals surface area contributed by atoms with Crippen LogP contribution in [-0.4, -0.2) is 5.91 Å². The van der Waals surface area contributed by atoms with Crippen LogP contribution in [0.2, 0.25) is 0 Å². The van der Waals surface area contributed by atoms with Gasteiger partial charge in [-0.25, -0.2) is 4.39 Å². The molecule has 1 aliphatic rings. The SMILES string of the molecule is CC1CCCC(C)(C)C1C(=O)Nc1ccc(F)cc1. The zero-order valence-corrected chi connectivity index (χ0v) is 11.9. The topological polar surface area (TPSA) is 29.1 Å². The minimum Gasteiger partial charge on any atom is -0.326 e. The van der Waals surface area contributed by atoms with E-state index in [4.69, 9.17) is 0 Å². The summed E-state index contributed by atoms with van der Waals surface area (Å²) in [5, 5.41) is 2.92. The first-order chi connectivity index (χ1) is 8.90. The van der Waals surface area contributed by atoms with Crippen molar-refractivity contribution in [1.82, 2.24) is 0 Å². The summed E-state index contributed by atoms with van der Waals surface area (Å²) in [6.07, 6.45) is 3.37. The molecule has 1 saturated carbocycles. The van der Waals surface area contributed by atoms with Gasteiger partial charge in [0.2, 0.25) is 5.91 Å². The van der Waals surface area contributed by atoms with Crippen molar-refractivity contribution >= 4 is 11.6 Å². The molecule has 2 atom stereocenters. The summed E-state index contributed by atoms with van der Waals surface area (Å²) in [4.78, 5) is 12.5. The first-order valence-corrected chi connectivity index (χ1v) is 6.96. The first kappa shape index (κ1) is 14.0. The lowest BCUT2D eigenvalue weighted by Crippen LogP contribution is -2.42. The Morgan fingerprint density at radius 3 is 2.53 bits per heavy atom. The summed E-state index contributed by atoms with van der Waals surface area (Å²) in [6.45, 7) is 6.48. The average molecular weight is 263 g/mol. The van der Waals surface area contributed by atoms with E-state index < -0.39 is 0 Å². The largest absolute Gasteiger partial charge is 0.326 e. The second-order valence-electron chi connectivity index (χ2n) is 6.33. The number of carbonyl (C=O) groups excluding carboxylic acids is 1. The second-order valence-corrected chi connectivity index (χ2v) is 6.33. The highest BCUT2D eigenvalue weighted by molar-refractivity contribution is 5.93. The standard InChI is InChI=1S/C16H22FNO/c1-11-5-4-10-16(2,3)14(11)15(19)18-13-8-6-12(17)7-9-13/h6-9,11,14H,4-5,10H2,1-3H3,(H,18,19). The van der Waals surface area contributed by atoms with Crippen LogP contribution in [-0.2, 0) is 4.79 Å². The molecule has 2 unspecified atom stereocenters. The predicted octanol–water partition coefficient (Wildman–Crippen LogP) is 4.23. The van der Waals surface area contributed by atoms with Gasteiger partial charge in [0.05, 0.1) is 0 Å².